The number of carbonyl (C=O) groups excluding carboxylic acids is 2. The predicted molar refractivity (Wildman–Crippen MR) is 129 cm³/mol. The molecule has 2 atom stereocenters. The van der Waals surface area contributed by atoms with E-state index < -0.39 is 6.04 Å². The number of fused-ring (bicyclic) bond motifs is 1. The number of urea groups is 1. The number of carbonyl (C=O) groups is 2. The molecular formula is C25H31N5O3. The molecule has 174 valence electrons. The monoisotopic (exact) mass is 449 g/mol. The van der Waals surface area contributed by atoms with E-state index in [0.717, 1.165) is 22.4 Å². The summed E-state index contributed by atoms with van der Waals surface area (Å²) in [7, 11) is 3.26. The van der Waals surface area contributed by atoms with Gasteiger partial charge in [-0.1, -0.05) is 60.2 Å². The van der Waals surface area contributed by atoms with Crippen LogP contribution in [0.25, 0.3) is 0 Å². The summed E-state index contributed by atoms with van der Waals surface area (Å²) in [5.74, 6) is 0.298. The van der Waals surface area contributed by atoms with Crippen LogP contribution in [-0.4, -0.2) is 49.5 Å². The zero-order valence-corrected chi connectivity index (χ0v) is 19.5. The van der Waals surface area contributed by atoms with Crippen LogP contribution in [0.4, 0.5) is 10.5 Å². The molecule has 0 saturated heterocycles. The third-order valence-corrected chi connectivity index (χ3v) is 5.27. The highest BCUT2D eigenvalue weighted by atomic mass is 16.5. The lowest BCUT2D eigenvalue weighted by molar-refractivity contribution is -0.142. The number of esters is 1. The van der Waals surface area contributed by atoms with Crippen LogP contribution >= 0.6 is 0 Å². The number of rotatable bonds is 8. The van der Waals surface area contributed by atoms with Crippen molar-refractivity contribution < 1.29 is 14.3 Å². The molecule has 0 aliphatic carbocycles. The van der Waals surface area contributed by atoms with Crippen LogP contribution in [0, 0.1) is 0 Å². The lowest BCUT2D eigenvalue weighted by Crippen LogP contribution is -2.51. The Morgan fingerprint density at radius 1 is 1.06 bits per heavy atom. The third kappa shape index (κ3) is 6.43. The molecule has 3 rings (SSSR count). The second-order valence-electron chi connectivity index (χ2n) is 8.03. The normalized spacial score (nSPS) is 15.6. The molecule has 1 aliphatic rings. The number of hydrogen-bond donors (Lipinski definition) is 3. The number of hydrogen-bond acceptors (Lipinski definition) is 6. The maximum Gasteiger partial charge on any atom is 0.326 e. The SMILES string of the molecule is COC(=O)C(C=C(C)C)NC1c2ccccc2N=C(CNC(=O)NCc2ccccc2)N1C. The van der Waals surface area contributed by atoms with Crippen LogP contribution in [-0.2, 0) is 16.1 Å². The number of aliphatic imine (C=N–C) groups is 1. The van der Waals surface area contributed by atoms with E-state index in [9.17, 15) is 9.59 Å². The van der Waals surface area contributed by atoms with Gasteiger partial charge >= 0.3 is 12.0 Å². The fraction of sp³-hybridized carbons (Fsp3) is 0.320. The zero-order chi connectivity index (χ0) is 23.8. The molecule has 0 aromatic heterocycles. The first-order valence-corrected chi connectivity index (χ1v) is 10.8. The fourth-order valence-corrected chi connectivity index (χ4v) is 3.58. The maximum atomic E-state index is 12.4. The van der Waals surface area contributed by atoms with Crippen LogP contribution in [0.3, 0.4) is 0 Å². The first-order valence-electron chi connectivity index (χ1n) is 10.8. The van der Waals surface area contributed by atoms with Gasteiger partial charge in [0, 0.05) is 19.2 Å². The van der Waals surface area contributed by atoms with Crippen molar-refractivity contribution in [2.45, 2.75) is 32.6 Å². The minimum absolute atomic E-state index is 0.231. The van der Waals surface area contributed by atoms with Gasteiger partial charge in [-0.25, -0.2) is 9.79 Å². The Morgan fingerprint density at radius 3 is 2.42 bits per heavy atom. The van der Waals surface area contributed by atoms with Crippen molar-refractivity contribution in [3.63, 3.8) is 0 Å². The summed E-state index contributed by atoms with van der Waals surface area (Å²) >= 11 is 0. The number of amidine groups is 1. The van der Waals surface area contributed by atoms with Gasteiger partial charge in [-0.3, -0.25) is 10.1 Å². The van der Waals surface area contributed by atoms with Crippen molar-refractivity contribution in [1.29, 1.82) is 0 Å². The van der Waals surface area contributed by atoms with E-state index in [1.165, 1.54) is 7.11 Å². The first kappa shape index (κ1) is 24.0. The van der Waals surface area contributed by atoms with Gasteiger partial charge < -0.3 is 20.3 Å². The smallest absolute Gasteiger partial charge is 0.326 e. The molecule has 1 aliphatic heterocycles. The lowest BCUT2D eigenvalue weighted by atomic mass is 10.1. The number of nitrogens with one attached hydrogen (secondary N) is 3. The molecule has 0 bridgehead atoms. The molecule has 2 aromatic rings. The Kier molecular flexibility index (Phi) is 8.21. The summed E-state index contributed by atoms with van der Waals surface area (Å²) in [5.41, 5.74) is 3.74. The van der Waals surface area contributed by atoms with Gasteiger partial charge in [-0.05, 0) is 25.5 Å². The molecule has 0 radical (unpaired) electrons. The standard InChI is InChI=1S/C25H31N5O3/c1-17(2)14-21(24(31)33-4)29-23-19-12-8-9-13-20(19)28-22(30(23)3)16-27-25(32)26-15-18-10-6-5-7-11-18/h5-14,21,23,29H,15-16H2,1-4H3,(H2,26,27,32). The fourth-order valence-electron chi connectivity index (χ4n) is 3.58. The third-order valence-electron chi connectivity index (χ3n) is 5.27. The molecule has 0 saturated carbocycles. The van der Waals surface area contributed by atoms with Crippen molar-refractivity contribution >= 4 is 23.5 Å². The highest BCUT2D eigenvalue weighted by Crippen LogP contribution is 2.32. The van der Waals surface area contributed by atoms with Gasteiger partial charge in [-0.2, -0.15) is 0 Å². The number of benzene rings is 2. The summed E-state index contributed by atoms with van der Waals surface area (Å²) in [6.45, 7) is 4.53. The topological polar surface area (TPSA) is 95.1 Å². The van der Waals surface area contributed by atoms with Crippen LogP contribution in [0.2, 0.25) is 0 Å². The predicted octanol–water partition coefficient (Wildman–Crippen LogP) is 3.26. The number of allylic oxidation sites excluding steroid dienone is 1. The van der Waals surface area contributed by atoms with E-state index in [0.29, 0.717) is 12.4 Å². The molecule has 0 spiro atoms. The average molecular weight is 450 g/mol. The maximum absolute atomic E-state index is 12.4. The number of likely N-dealkylation sites (N-methyl/N-ethyl adjacent to an activating group) is 1. The average Bonchev–Trinajstić information content (AvgIpc) is 2.82. The van der Waals surface area contributed by atoms with E-state index in [4.69, 9.17) is 9.73 Å². The second-order valence-corrected chi connectivity index (χ2v) is 8.03. The van der Waals surface area contributed by atoms with E-state index in [1.54, 1.807) is 0 Å². The van der Waals surface area contributed by atoms with Crippen molar-refractivity contribution in [1.82, 2.24) is 20.9 Å². The molecule has 2 unspecified atom stereocenters. The van der Waals surface area contributed by atoms with E-state index in [1.807, 2.05) is 86.5 Å². The van der Waals surface area contributed by atoms with E-state index in [-0.39, 0.29) is 24.7 Å². The Morgan fingerprint density at radius 2 is 1.73 bits per heavy atom. The first-order chi connectivity index (χ1) is 15.9. The van der Waals surface area contributed by atoms with Gasteiger partial charge in [-0.15, -0.1) is 0 Å². The summed E-state index contributed by atoms with van der Waals surface area (Å²) in [6.07, 6.45) is 1.51. The van der Waals surface area contributed by atoms with E-state index in [2.05, 4.69) is 16.0 Å². The highest BCUT2D eigenvalue weighted by molar-refractivity contribution is 5.92. The molecule has 33 heavy (non-hydrogen) atoms. The number of para-hydroxylation sites is 1. The van der Waals surface area contributed by atoms with Gasteiger partial charge in [0.1, 0.15) is 18.0 Å². The van der Waals surface area contributed by atoms with Gasteiger partial charge in [0.2, 0.25) is 0 Å². The lowest BCUT2D eigenvalue weighted by Gasteiger charge is -2.37. The van der Waals surface area contributed by atoms with Gasteiger partial charge in [0.05, 0.1) is 19.3 Å². The molecule has 2 aromatic carbocycles. The Hall–Kier alpha value is -3.65. The largest absolute Gasteiger partial charge is 0.468 e. The highest BCUT2D eigenvalue weighted by Gasteiger charge is 2.31. The number of methoxy groups -OCH3 is 1. The quantitative estimate of drug-likeness (QED) is 0.425. The zero-order valence-electron chi connectivity index (χ0n) is 19.5. The molecule has 1 heterocycles. The minimum Gasteiger partial charge on any atom is -0.468 e. The van der Waals surface area contributed by atoms with Crippen LogP contribution in [0.15, 0.2) is 71.2 Å². The summed E-state index contributed by atoms with van der Waals surface area (Å²) < 4.78 is 4.99. The summed E-state index contributed by atoms with van der Waals surface area (Å²) in [4.78, 5) is 31.4. The van der Waals surface area contributed by atoms with Crippen LogP contribution in [0.5, 0.6) is 0 Å². The van der Waals surface area contributed by atoms with Gasteiger partial charge in [0.25, 0.3) is 0 Å². The van der Waals surface area contributed by atoms with Crippen molar-refractivity contribution in [2.75, 3.05) is 20.7 Å². The molecule has 0 fully saturated rings. The van der Waals surface area contributed by atoms with E-state index >= 15 is 0 Å². The number of amides is 2. The van der Waals surface area contributed by atoms with Crippen molar-refractivity contribution in [3.8, 4) is 0 Å². The minimum atomic E-state index is -0.623. The summed E-state index contributed by atoms with van der Waals surface area (Å²) in [6, 6.07) is 16.5. The Bertz CT molecular complexity index is 1030. The van der Waals surface area contributed by atoms with Crippen molar-refractivity contribution in [3.05, 3.63) is 77.4 Å². The second kappa shape index (κ2) is 11.3. The van der Waals surface area contributed by atoms with Gasteiger partial charge in [0.15, 0.2) is 0 Å². The molecule has 3 N–H and O–H groups in total. The number of nitrogens with zero attached hydrogens (tertiary/aromatic N) is 2. The molecule has 8 nitrogen and oxygen atoms in total. The Labute approximate surface area is 194 Å². The molecular weight excluding hydrogens is 418 g/mol. The molecule has 8 heteroatoms. The Balaban J connectivity index is 1.72. The molecule has 2 amide bonds. The van der Waals surface area contributed by atoms with Crippen LogP contribution < -0.4 is 16.0 Å². The number of ether oxygens (including phenoxy) is 1. The van der Waals surface area contributed by atoms with Crippen molar-refractivity contribution in [2.24, 2.45) is 4.99 Å². The summed E-state index contributed by atoms with van der Waals surface area (Å²) in [5, 5.41) is 9.10. The van der Waals surface area contributed by atoms with Crippen LogP contribution in [0.1, 0.15) is 31.1 Å².